The first-order valence-corrected chi connectivity index (χ1v) is 11.8. The van der Waals surface area contributed by atoms with Crippen LogP contribution in [0.5, 0.6) is 0 Å². The van der Waals surface area contributed by atoms with Crippen LogP contribution in [0.1, 0.15) is 25.0 Å². The molecule has 11 heteroatoms. The van der Waals surface area contributed by atoms with Crippen molar-refractivity contribution < 1.29 is 26.4 Å². The van der Waals surface area contributed by atoms with Crippen molar-refractivity contribution in [3.8, 4) is 5.69 Å². The van der Waals surface area contributed by atoms with E-state index in [0.717, 1.165) is 12.1 Å². The summed E-state index contributed by atoms with van der Waals surface area (Å²) >= 11 is 0. The van der Waals surface area contributed by atoms with Crippen LogP contribution < -0.4 is 5.32 Å². The average Bonchev–Trinajstić information content (AvgIpc) is 3.33. The lowest BCUT2D eigenvalue weighted by atomic mass is 10.1. The maximum absolute atomic E-state index is 13.6. The highest BCUT2D eigenvalue weighted by Crippen LogP contribution is 2.36. The van der Waals surface area contributed by atoms with Gasteiger partial charge in [-0.1, -0.05) is 26.0 Å². The molecule has 1 aromatic heterocycles. The number of carbonyl (C=O) groups excluding carboxylic acids is 1. The number of sulfonamides is 1. The van der Waals surface area contributed by atoms with Crippen LogP contribution in [0.2, 0.25) is 0 Å². The highest BCUT2D eigenvalue weighted by Gasteiger charge is 2.34. The smallest absolute Gasteiger partial charge is 0.322 e. The summed E-state index contributed by atoms with van der Waals surface area (Å²) < 4.78 is 68.4. The fraction of sp³-hybridized carbons (Fsp3) is 0.217. The van der Waals surface area contributed by atoms with E-state index in [1.165, 1.54) is 63.9 Å². The van der Waals surface area contributed by atoms with Gasteiger partial charge in [-0.15, -0.1) is 0 Å². The summed E-state index contributed by atoms with van der Waals surface area (Å²) in [5, 5.41) is 6.16. The lowest BCUT2D eigenvalue weighted by molar-refractivity contribution is -0.137. The van der Waals surface area contributed by atoms with Crippen molar-refractivity contribution in [2.24, 2.45) is 0 Å². The van der Waals surface area contributed by atoms with Gasteiger partial charge in [0.1, 0.15) is 0 Å². The summed E-state index contributed by atoms with van der Waals surface area (Å²) in [6.07, 6.45) is 0.722. The minimum atomic E-state index is -4.69. The third-order valence-corrected chi connectivity index (χ3v) is 7.05. The minimum Gasteiger partial charge on any atom is -0.322 e. The van der Waals surface area contributed by atoms with E-state index in [9.17, 15) is 26.4 Å². The van der Waals surface area contributed by atoms with Crippen molar-refractivity contribution in [3.05, 3.63) is 78.1 Å². The Morgan fingerprint density at radius 3 is 2.35 bits per heavy atom. The largest absolute Gasteiger partial charge is 0.418 e. The van der Waals surface area contributed by atoms with E-state index in [4.69, 9.17) is 0 Å². The first-order valence-electron chi connectivity index (χ1n) is 10.4. The van der Waals surface area contributed by atoms with Gasteiger partial charge < -0.3 is 5.32 Å². The summed E-state index contributed by atoms with van der Waals surface area (Å²) in [5.41, 5.74) is -0.684. The van der Waals surface area contributed by atoms with Gasteiger partial charge in [0.15, 0.2) is 0 Å². The molecule has 7 nitrogen and oxygen atoms in total. The first-order chi connectivity index (χ1) is 16.1. The highest BCUT2D eigenvalue weighted by atomic mass is 32.2. The van der Waals surface area contributed by atoms with Crippen molar-refractivity contribution in [3.63, 3.8) is 0 Å². The molecule has 0 aliphatic rings. The zero-order valence-corrected chi connectivity index (χ0v) is 19.3. The van der Waals surface area contributed by atoms with Crippen molar-refractivity contribution in [2.75, 3.05) is 18.4 Å². The van der Waals surface area contributed by atoms with Gasteiger partial charge in [-0.25, -0.2) is 13.1 Å². The number of aromatic nitrogens is 2. The number of nitrogens with one attached hydrogen (secondary N) is 1. The van der Waals surface area contributed by atoms with Crippen LogP contribution in [0.4, 0.5) is 18.9 Å². The second kappa shape index (κ2) is 10.2. The van der Waals surface area contributed by atoms with Gasteiger partial charge in [0.05, 0.1) is 21.8 Å². The Morgan fingerprint density at radius 1 is 1.12 bits per heavy atom. The molecule has 0 unspecified atom stereocenters. The van der Waals surface area contributed by atoms with Crippen molar-refractivity contribution in [2.45, 2.75) is 24.9 Å². The van der Waals surface area contributed by atoms with Crippen LogP contribution in [-0.2, 0) is 21.0 Å². The molecule has 3 rings (SSSR count). The second-order valence-corrected chi connectivity index (χ2v) is 9.10. The lowest BCUT2D eigenvalue weighted by Gasteiger charge is -2.18. The fourth-order valence-electron chi connectivity index (χ4n) is 3.25. The minimum absolute atomic E-state index is 0.116. The zero-order chi connectivity index (χ0) is 24.9. The Bertz CT molecular complexity index is 1270. The molecule has 0 aliphatic carbocycles. The van der Waals surface area contributed by atoms with Crippen LogP contribution in [0.15, 0.2) is 71.9 Å². The Balaban J connectivity index is 1.76. The quantitative estimate of drug-likeness (QED) is 0.467. The number of halogens is 3. The molecule has 1 amide bonds. The molecule has 0 saturated carbocycles. The van der Waals surface area contributed by atoms with Gasteiger partial charge in [-0.2, -0.15) is 22.6 Å². The van der Waals surface area contributed by atoms with E-state index < -0.39 is 33.4 Å². The average molecular weight is 493 g/mol. The van der Waals surface area contributed by atoms with E-state index >= 15 is 0 Å². The summed E-state index contributed by atoms with van der Waals surface area (Å²) in [7, 11) is -3.61. The van der Waals surface area contributed by atoms with Gasteiger partial charge in [0.25, 0.3) is 0 Å². The lowest BCUT2D eigenvalue weighted by Crippen LogP contribution is -2.30. The molecule has 0 aliphatic heterocycles. The second-order valence-electron chi connectivity index (χ2n) is 7.16. The Kier molecular flexibility index (Phi) is 7.57. The van der Waals surface area contributed by atoms with Crippen LogP contribution in [0, 0.1) is 0 Å². The molecular weight excluding hydrogens is 469 g/mol. The molecule has 0 fully saturated rings. The number of hydrogen-bond donors (Lipinski definition) is 1. The molecule has 0 atom stereocenters. The Labute approximate surface area is 195 Å². The van der Waals surface area contributed by atoms with Crippen molar-refractivity contribution >= 4 is 27.7 Å². The SMILES string of the molecule is CCN(CC)S(=O)(=O)c1ccc(/C=C/C(=O)Nc2ccc(-n3cccn3)cc2C(F)(F)F)cc1. The molecule has 1 N–H and O–H groups in total. The van der Waals surface area contributed by atoms with E-state index in [2.05, 4.69) is 10.4 Å². The number of nitrogens with zero attached hydrogens (tertiary/aromatic N) is 3. The zero-order valence-electron chi connectivity index (χ0n) is 18.5. The third-order valence-electron chi connectivity index (χ3n) is 4.99. The standard InChI is InChI=1S/C23H23F3N4O3S/c1-3-29(4-2)34(32,33)19-10-6-17(7-11-19)8-13-22(31)28-21-12-9-18(30-15-5-14-27-30)16-20(21)23(24,25)26/h5-16H,3-4H2,1-2H3,(H,28,31)/b13-8+. The summed E-state index contributed by atoms with van der Waals surface area (Å²) in [5.74, 6) is -0.767. The molecule has 0 saturated heterocycles. The molecule has 3 aromatic rings. The molecule has 1 heterocycles. The maximum atomic E-state index is 13.6. The molecule has 2 aromatic carbocycles. The van der Waals surface area contributed by atoms with Crippen LogP contribution >= 0.6 is 0 Å². The normalized spacial score (nSPS) is 12.4. The van der Waals surface area contributed by atoms with Crippen LogP contribution in [0.3, 0.4) is 0 Å². The molecule has 0 bridgehead atoms. The number of carbonyl (C=O) groups is 1. The van der Waals surface area contributed by atoms with Gasteiger partial charge in [0.2, 0.25) is 15.9 Å². The molecule has 0 spiro atoms. The molecule has 0 radical (unpaired) electrons. The van der Waals surface area contributed by atoms with Crippen molar-refractivity contribution in [1.29, 1.82) is 0 Å². The number of anilines is 1. The number of rotatable bonds is 8. The van der Waals surface area contributed by atoms with Gasteiger partial charge >= 0.3 is 6.18 Å². The van der Waals surface area contributed by atoms with Gasteiger partial charge in [0, 0.05) is 31.6 Å². The topological polar surface area (TPSA) is 84.3 Å². The predicted molar refractivity (Wildman–Crippen MR) is 123 cm³/mol. The summed E-state index contributed by atoms with van der Waals surface area (Å²) in [6.45, 7) is 4.16. The van der Waals surface area contributed by atoms with E-state index in [1.54, 1.807) is 19.9 Å². The van der Waals surface area contributed by atoms with Gasteiger partial charge in [-0.3, -0.25) is 4.79 Å². The monoisotopic (exact) mass is 492 g/mol. The summed E-state index contributed by atoms with van der Waals surface area (Å²) in [6, 6.07) is 10.9. The Morgan fingerprint density at radius 2 is 1.79 bits per heavy atom. The van der Waals surface area contributed by atoms with E-state index in [1.807, 2.05) is 0 Å². The first kappa shape index (κ1) is 25.2. The van der Waals surface area contributed by atoms with Crippen molar-refractivity contribution in [1.82, 2.24) is 14.1 Å². The van der Waals surface area contributed by atoms with E-state index in [0.29, 0.717) is 18.7 Å². The van der Waals surface area contributed by atoms with Crippen LogP contribution in [-0.4, -0.2) is 41.5 Å². The maximum Gasteiger partial charge on any atom is 0.418 e. The van der Waals surface area contributed by atoms with Gasteiger partial charge in [-0.05, 0) is 48.0 Å². The third kappa shape index (κ3) is 5.72. The summed E-state index contributed by atoms with van der Waals surface area (Å²) in [4.78, 5) is 12.4. The predicted octanol–water partition coefficient (Wildman–Crippen LogP) is 4.57. The number of amides is 1. The molecule has 180 valence electrons. The van der Waals surface area contributed by atoms with E-state index in [-0.39, 0.29) is 10.6 Å². The number of benzene rings is 2. The molecule has 34 heavy (non-hydrogen) atoms. The number of alkyl halides is 3. The highest BCUT2D eigenvalue weighted by molar-refractivity contribution is 7.89. The fourth-order valence-corrected chi connectivity index (χ4v) is 4.71. The van der Waals surface area contributed by atoms with Crippen LogP contribution in [0.25, 0.3) is 11.8 Å². The Hall–Kier alpha value is -3.44. The number of hydrogen-bond acceptors (Lipinski definition) is 4. The molecular formula is C23H23F3N4O3S.